The van der Waals surface area contributed by atoms with Crippen molar-refractivity contribution in [1.29, 1.82) is 0 Å². The number of benzene rings is 1. The molecule has 0 amide bonds. The van der Waals surface area contributed by atoms with Gasteiger partial charge in [0.05, 0.1) is 11.3 Å². The van der Waals surface area contributed by atoms with Gasteiger partial charge in [-0.3, -0.25) is 0 Å². The highest BCUT2D eigenvalue weighted by Gasteiger charge is 2.15. The van der Waals surface area contributed by atoms with E-state index in [0.717, 1.165) is 36.0 Å². The molecule has 114 valence electrons. The zero-order valence-electron chi connectivity index (χ0n) is 12.7. The van der Waals surface area contributed by atoms with Crippen molar-refractivity contribution < 1.29 is 4.74 Å². The van der Waals surface area contributed by atoms with E-state index in [0.29, 0.717) is 0 Å². The average molecular weight is 313 g/mol. The largest absolute Gasteiger partial charge is 0.439 e. The van der Waals surface area contributed by atoms with Crippen LogP contribution in [-0.4, -0.2) is 9.78 Å². The van der Waals surface area contributed by atoms with Crippen LogP contribution in [0.15, 0.2) is 47.2 Å². The van der Waals surface area contributed by atoms with E-state index < -0.39 is 0 Å². The molecule has 5 heteroatoms. The van der Waals surface area contributed by atoms with Gasteiger partial charge in [0, 0.05) is 20.1 Å². The minimum absolute atomic E-state index is 0.734. The summed E-state index contributed by atoms with van der Waals surface area (Å²) in [6.45, 7) is 3.60. The maximum atomic E-state index is 6.01. The van der Waals surface area contributed by atoms with E-state index in [4.69, 9.17) is 4.74 Å². The first kappa shape index (κ1) is 14.8. The second-order valence-corrected chi connectivity index (χ2v) is 5.92. The molecule has 0 fully saturated rings. The van der Waals surface area contributed by atoms with Gasteiger partial charge in [-0.15, -0.1) is 0 Å². The Morgan fingerprint density at radius 3 is 2.73 bits per heavy atom. The van der Waals surface area contributed by atoms with Gasteiger partial charge in [-0.05, 0) is 41.4 Å². The maximum absolute atomic E-state index is 6.01. The number of thiophene rings is 1. The third-order valence-electron chi connectivity index (χ3n) is 3.46. The predicted octanol–water partition coefficient (Wildman–Crippen LogP) is 3.87. The van der Waals surface area contributed by atoms with Gasteiger partial charge >= 0.3 is 0 Å². The topological polar surface area (TPSA) is 39.1 Å². The smallest absolute Gasteiger partial charge is 0.222 e. The summed E-state index contributed by atoms with van der Waals surface area (Å²) < 4.78 is 7.81. The Morgan fingerprint density at radius 1 is 1.18 bits per heavy atom. The quantitative estimate of drug-likeness (QED) is 0.751. The fraction of sp³-hybridized carbons (Fsp3) is 0.235. The lowest BCUT2D eigenvalue weighted by Crippen LogP contribution is -2.13. The Balaban J connectivity index is 1.72. The monoisotopic (exact) mass is 313 g/mol. The van der Waals surface area contributed by atoms with E-state index in [1.165, 1.54) is 5.56 Å². The van der Waals surface area contributed by atoms with Gasteiger partial charge in [-0.2, -0.15) is 16.4 Å². The third-order valence-corrected chi connectivity index (χ3v) is 4.19. The predicted molar refractivity (Wildman–Crippen MR) is 89.3 cm³/mol. The van der Waals surface area contributed by atoms with Crippen LogP contribution >= 0.6 is 11.3 Å². The number of aromatic nitrogens is 2. The van der Waals surface area contributed by atoms with Crippen molar-refractivity contribution in [3.05, 3.63) is 64.0 Å². The van der Waals surface area contributed by atoms with Crippen molar-refractivity contribution in [3.63, 3.8) is 0 Å². The van der Waals surface area contributed by atoms with Crippen LogP contribution in [0.4, 0.5) is 0 Å². The molecule has 0 aliphatic heterocycles. The van der Waals surface area contributed by atoms with Crippen LogP contribution in [0.1, 0.15) is 16.8 Å². The summed E-state index contributed by atoms with van der Waals surface area (Å²) in [5, 5.41) is 12.2. The molecule has 0 unspecified atom stereocenters. The van der Waals surface area contributed by atoms with E-state index >= 15 is 0 Å². The zero-order chi connectivity index (χ0) is 15.4. The van der Waals surface area contributed by atoms with Crippen LogP contribution in [0.2, 0.25) is 0 Å². The summed E-state index contributed by atoms with van der Waals surface area (Å²) in [5.74, 6) is 1.62. The Hall–Kier alpha value is -2.11. The van der Waals surface area contributed by atoms with Crippen molar-refractivity contribution in [3.8, 4) is 11.6 Å². The van der Waals surface area contributed by atoms with E-state index in [1.54, 1.807) is 16.0 Å². The summed E-state index contributed by atoms with van der Waals surface area (Å²) in [5.41, 5.74) is 3.39. The minimum atomic E-state index is 0.734. The number of ether oxygens (including phenoxy) is 1. The van der Waals surface area contributed by atoms with Gasteiger partial charge < -0.3 is 10.1 Å². The summed E-state index contributed by atoms with van der Waals surface area (Å²) in [7, 11) is 1.91. The molecule has 0 bridgehead atoms. The van der Waals surface area contributed by atoms with Crippen molar-refractivity contribution >= 4 is 11.3 Å². The number of nitrogens with one attached hydrogen (secondary N) is 1. The molecule has 1 N–H and O–H groups in total. The zero-order valence-corrected chi connectivity index (χ0v) is 13.6. The molecule has 0 atom stereocenters. The second-order valence-electron chi connectivity index (χ2n) is 5.14. The van der Waals surface area contributed by atoms with Crippen LogP contribution in [0.25, 0.3) is 0 Å². The molecule has 2 aromatic heterocycles. The molecule has 2 heterocycles. The average Bonchev–Trinajstić information content (AvgIpc) is 3.12. The SMILES string of the molecule is Cc1nn(C)c(Oc2ccccc2)c1CNCc1ccsc1. The molecular weight excluding hydrogens is 294 g/mol. The van der Waals surface area contributed by atoms with E-state index in [2.05, 4.69) is 27.2 Å². The number of aryl methyl sites for hydroxylation is 2. The number of para-hydroxylation sites is 1. The Morgan fingerprint density at radius 2 is 2.00 bits per heavy atom. The van der Waals surface area contributed by atoms with Crippen molar-refractivity contribution in [2.75, 3.05) is 0 Å². The van der Waals surface area contributed by atoms with Crippen LogP contribution < -0.4 is 10.1 Å². The Labute approximate surface area is 134 Å². The molecule has 4 nitrogen and oxygen atoms in total. The molecule has 0 aliphatic carbocycles. The molecule has 0 saturated carbocycles. The van der Waals surface area contributed by atoms with Gasteiger partial charge in [0.25, 0.3) is 0 Å². The van der Waals surface area contributed by atoms with Crippen LogP contribution in [0, 0.1) is 6.92 Å². The Kier molecular flexibility index (Phi) is 4.56. The van der Waals surface area contributed by atoms with E-state index in [-0.39, 0.29) is 0 Å². The molecule has 0 aliphatic rings. The fourth-order valence-corrected chi connectivity index (χ4v) is 3.01. The minimum Gasteiger partial charge on any atom is -0.439 e. The van der Waals surface area contributed by atoms with Gasteiger partial charge in [-0.25, -0.2) is 4.68 Å². The van der Waals surface area contributed by atoms with Crippen molar-refractivity contribution in [2.24, 2.45) is 7.05 Å². The van der Waals surface area contributed by atoms with Crippen LogP contribution in [-0.2, 0) is 20.1 Å². The highest BCUT2D eigenvalue weighted by molar-refractivity contribution is 7.07. The standard InChI is InChI=1S/C17H19N3OS/c1-13-16(11-18-10-14-8-9-22-12-14)17(20(2)19-13)21-15-6-4-3-5-7-15/h3-9,12,18H,10-11H2,1-2H3. The molecule has 22 heavy (non-hydrogen) atoms. The summed E-state index contributed by atoms with van der Waals surface area (Å²) >= 11 is 1.72. The number of hydrogen-bond donors (Lipinski definition) is 1. The first-order valence-corrected chi connectivity index (χ1v) is 8.15. The fourth-order valence-electron chi connectivity index (χ4n) is 2.34. The summed E-state index contributed by atoms with van der Waals surface area (Å²) in [4.78, 5) is 0. The first-order valence-electron chi connectivity index (χ1n) is 7.21. The third kappa shape index (κ3) is 3.37. The highest BCUT2D eigenvalue weighted by atomic mass is 32.1. The van der Waals surface area contributed by atoms with E-state index in [1.807, 2.05) is 44.3 Å². The molecule has 3 aromatic rings. The lowest BCUT2D eigenvalue weighted by atomic mass is 10.2. The first-order chi connectivity index (χ1) is 10.7. The molecule has 0 saturated heterocycles. The molecule has 1 aromatic carbocycles. The molecule has 0 spiro atoms. The summed E-state index contributed by atoms with van der Waals surface area (Å²) in [6, 6.07) is 11.9. The van der Waals surface area contributed by atoms with Gasteiger partial charge in [0.15, 0.2) is 0 Å². The molecule has 3 rings (SSSR count). The second kappa shape index (κ2) is 6.77. The number of rotatable bonds is 6. The maximum Gasteiger partial charge on any atom is 0.222 e. The number of hydrogen-bond acceptors (Lipinski definition) is 4. The lowest BCUT2D eigenvalue weighted by molar-refractivity contribution is 0.424. The van der Waals surface area contributed by atoms with Gasteiger partial charge in [-0.1, -0.05) is 18.2 Å². The Bertz CT molecular complexity index is 720. The normalized spacial score (nSPS) is 10.8. The van der Waals surface area contributed by atoms with Crippen LogP contribution in [0.5, 0.6) is 11.6 Å². The van der Waals surface area contributed by atoms with Crippen molar-refractivity contribution in [2.45, 2.75) is 20.0 Å². The highest BCUT2D eigenvalue weighted by Crippen LogP contribution is 2.27. The number of nitrogens with zero attached hydrogens (tertiary/aromatic N) is 2. The van der Waals surface area contributed by atoms with E-state index in [9.17, 15) is 0 Å². The van der Waals surface area contributed by atoms with Crippen LogP contribution in [0.3, 0.4) is 0 Å². The van der Waals surface area contributed by atoms with Gasteiger partial charge in [0.2, 0.25) is 5.88 Å². The molecule has 0 radical (unpaired) electrons. The summed E-state index contributed by atoms with van der Waals surface area (Å²) in [6.07, 6.45) is 0. The van der Waals surface area contributed by atoms with Crippen molar-refractivity contribution in [1.82, 2.24) is 15.1 Å². The lowest BCUT2D eigenvalue weighted by Gasteiger charge is -2.09. The molecular formula is C17H19N3OS. The van der Waals surface area contributed by atoms with Gasteiger partial charge in [0.1, 0.15) is 5.75 Å².